The third kappa shape index (κ3) is 4.24. The zero-order valence-electron chi connectivity index (χ0n) is 17.3. The van der Waals surface area contributed by atoms with Gasteiger partial charge in [-0.05, 0) is 54.7 Å². The van der Waals surface area contributed by atoms with Crippen molar-refractivity contribution in [2.45, 2.75) is 25.3 Å². The molecule has 1 N–H and O–H groups in total. The second kappa shape index (κ2) is 8.88. The van der Waals surface area contributed by atoms with Crippen LogP contribution < -0.4 is 5.32 Å². The van der Waals surface area contributed by atoms with Crippen LogP contribution in [0.4, 0.5) is 0 Å². The summed E-state index contributed by atoms with van der Waals surface area (Å²) in [5, 5.41) is 7.10. The van der Waals surface area contributed by atoms with Gasteiger partial charge in [-0.3, -0.25) is 14.6 Å². The predicted octanol–water partition coefficient (Wildman–Crippen LogP) is 3.14. The van der Waals surface area contributed by atoms with Crippen LogP contribution in [0.1, 0.15) is 49.4 Å². The van der Waals surface area contributed by atoms with Crippen LogP contribution in [-0.2, 0) is 6.54 Å². The maximum Gasteiger partial charge on any atom is 0.272 e. The first-order chi connectivity index (χ1) is 15.7. The van der Waals surface area contributed by atoms with Crippen molar-refractivity contribution < 1.29 is 9.59 Å². The summed E-state index contributed by atoms with van der Waals surface area (Å²) in [6.07, 6.45) is 6.79. The van der Waals surface area contributed by atoms with Gasteiger partial charge in [0.15, 0.2) is 5.65 Å². The first-order valence-corrected chi connectivity index (χ1v) is 11.4. The number of nitrogens with one attached hydrogen (secondary N) is 1. The van der Waals surface area contributed by atoms with Gasteiger partial charge in [0.1, 0.15) is 12.0 Å². The van der Waals surface area contributed by atoms with Gasteiger partial charge in [-0.1, -0.05) is 12.1 Å². The van der Waals surface area contributed by atoms with Gasteiger partial charge in [-0.25, -0.2) is 9.50 Å². The van der Waals surface area contributed by atoms with Crippen LogP contribution in [0.5, 0.6) is 0 Å². The van der Waals surface area contributed by atoms with Crippen molar-refractivity contribution in [2.24, 2.45) is 0 Å². The number of piperidine rings is 1. The Bertz CT molecular complexity index is 1240. The number of hydrogen-bond acceptors (Lipinski definition) is 6. The molecule has 1 fully saturated rings. The number of thiophene rings is 1. The van der Waals surface area contributed by atoms with Crippen LogP contribution >= 0.6 is 11.3 Å². The molecule has 1 aliphatic rings. The van der Waals surface area contributed by atoms with Crippen molar-refractivity contribution in [3.63, 3.8) is 0 Å². The number of rotatable bonds is 5. The molecule has 1 saturated heterocycles. The average molecular weight is 447 g/mol. The molecule has 0 radical (unpaired) electrons. The smallest absolute Gasteiger partial charge is 0.272 e. The Labute approximate surface area is 188 Å². The third-order valence-electron chi connectivity index (χ3n) is 5.71. The van der Waals surface area contributed by atoms with E-state index >= 15 is 0 Å². The Hall–Kier alpha value is -3.59. The number of hydrogen-bond donors (Lipinski definition) is 1. The number of amides is 2. The average Bonchev–Trinajstić information content (AvgIpc) is 3.52. The molecule has 0 bridgehead atoms. The fraction of sp³-hybridized carbons (Fsp3) is 0.261. The Morgan fingerprint density at radius 3 is 2.75 bits per heavy atom. The van der Waals surface area contributed by atoms with Crippen molar-refractivity contribution >= 4 is 28.8 Å². The predicted molar refractivity (Wildman–Crippen MR) is 121 cm³/mol. The topological polar surface area (TPSA) is 92.5 Å². The van der Waals surface area contributed by atoms with Crippen LogP contribution in [0.2, 0.25) is 0 Å². The second-order valence-electron chi connectivity index (χ2n) is 7.77. The van der Waals surface area contributed by atoms with E-state index in [1.165, 1.54) is 22.5 Å². The van der Waals surface area contributed by atoms with Gasteiger partial charge in [-0.2, -0.15) is 5.10 Å². The van der Waals surface area contributed by atoms with Crippen molar-refractivity contribution in [2.75, 3.05) is 13.1 Å². The molecule has 0 spiro atoms. The molecule has 1 aliphatic heterocycles. The molecule has 0 atom stereocenters. The fourth-order valence-corrected chi connectivity index (χ4v) is 5.04. The molecule has 8 nitrogen and oxygen atoms in total. The Morgan fingerprint density at radius 1 is 1.06 bits per heavy atom. The van der Waals surface area contributed by atoms with Gasteiger partial charge >= 0.3 is 0 Å². The van der Waals surface area contributed by atoms with Gasteiger partial charge in [0.25, 0.3) is 11.8 Å². The minimum atomic E-state index is -0.0808. The fourth-order valence-electron chi connectivity index (χ4n) is 3.95. The van der Waals surface area contributed by atoms with Gasteiger partial charge in [0.05, 0.1) is 4.88 Å². The van der Waals surface area contributed by atoms with E-state index in [4.69, 9.17) is 0 Å². The summed E-state index contributed by atoms with van der Waals surface area (Å²) in [5.41, 5.74) is 2.22. The summed E-state index contributed by atoms with van der Waals surface area (Å²) in [7, 11) is 0. The molecule has 4 aromatic heterocycles. The summed E-state index contributed by atoms with van der Waals surface area (Å²) in [6, 6.07) is 13.1. The highest BCUT2D eigenvalue weighted by Crippen LogP contribution is 2.33. The van der Waals surface area contributed by atoms with Crippen LogP contribution in [0, 0.1) is 0 Å². The van der Waals surface area contributed by atoms with Gasteiger partial charge < -0.3 is 10.2 Å². The van der Waals surface area contributed by atoms with Crippen LogP contribution in [-0.4, -0.2) is 49.4 Å². The molecule has 0 unspecified atom stereocenters. The highest BCUT2D eigenvalue weighted by Gasteiger charge is 2.26. The molecule has 0 saturated carbocycles. The maximum absolute atomic E-state index is 12.6. The number of nitrogens with zero attached hydrogens (tertiary/aromatic N) is 5. The summed E-state index contributed by atoms with van der Waals surface area (Å²) < 4.78 is 1.69. The first kappa shape index (κ1) is 20.3. The normalized spacial score (nSPS) is 14.6. The molecule has 5 heterocycles. The standard InChI is InChI=1S/C23H22N6O2S/c30-22(25-13-16-4-7-21-26-15-27-29(21)14-16)20-6-5-19(32-20)17-8-11-28(12-9-17)23(31)18-3-1-2-10-24-18/h1-7,10,14-15,17H,8-9,11-13H2,(H,25,30). The van der Waals surface area contributed by atoms with Crippen LogP contribution in [0.15, 0.2) is 61.2 Å². The van der Waals surface area contributed by atoms with Crippen molar-refractivity contribution in [3.8, 4) is 0 Å². The quantitative estimate of drug-likeness (QED) is 0.508. The van der Waals surface area contributed by atoms with Crippen molar-refractivity contribution in [3.05, 3.63) is 82.2 Å². The molecule has 32 heavy (non-hydrogen) atoms. The van der Waals surface area contributed by atoms with E-state index in [1.54, 1.807) is 16.8 Å². The maximum atomic E-state index is 12.6. The summed E-state index contributed by atoms with van der Waals surface area (Å²) in [5.74, 6) is 0.270. The third-order valence-corrected chi connectivity index (χ3v) is 6.95. The Morgan fingerprint density at radius 2 is 1.94 bits per heavy atom. The summed E-state index contributed by atoms with van der Waals surface area (Å²) >= 11 is 1.54. The highest BCUT2D eigenvalue weighted by atomic mass is 32.1. The molecule has 4 aromatic rings. The summed E-state index contributed by atoms with van der Waals surface area (Å²) in [6.45, 7) is 1.82. The molecule has 5 rings (SSSR count). The number of likely N-dealkylation sites (tertiary alicyclic amines) is 1. The lowest BCUT2D eigenvalue weighted by atomic mass is 9.95. The van der Waals surface area contributed by atoms with E-state index in [0.717, 1.165) is 24.1 Å². The lowest BCUT2D eigenvalue weighted by Gasteiger charge is -2.31. The summed E-state index contributed by atoms with van der Waals surface area (Å²) in [4.78, 5) is 37.3. The molecular formula is C23H22N6O2S. The molecule has 0 aliphatic carbocycles. The SMILES string of the molecule is O=C(NCc1ccc2ncnn2c1)c1ccc(C2CCN(C(=O)c3ccccn3)CC2)s1. The first-order valence-electron chi connectivity index (χ1n) is 10.5. The van der Waals surface area contributed by atoms with Crippen LogP contribution in [0.3, 0.4) is 0 Å². The van der Waals surface area contributed by atoms with E-state index < -0.39 is 0 Å². The number of carbonyl (C=O) groups is 2. The molecule has 2 amide bonds. The monoisotopic (exact) mass is 446 g/mol. The van der Waals surface area contributed by atoms with Crippen molar-refractivity contribution in [1.29, 1.82) is 0 Å². The van der Waals surface area contributed by atoms with Gasteiger partial charge in [-0.15, -0.1) is 11.3 Å². The largest absolute Gasteiger partial charge is 0.347 e. The molecular weight excluding hydrogens is 424 g/mol. The van der Waals surface area contributed by atoms with E-state index in [2.05, 4.69) is 20.4 Å². The number of aromatic nitrogens is 4. The Balaban J connectivity index is 1.16. The van der Waals surface area contributed by atoms with Crippen molar-refractivity contribution in [1.82, 2.24) is 29.8 Å². The second-order valence-corrected chi connectivity index (χ2v) is 8.88. The van der Waals surface area contributed by atoms with E-state index in [9.17, 15) is 9.59 Å². The minimum Gasteiger partial charge on any atom is -0.347 e. The minimum absolute atomic E-state index is 0.0145. The van der Waals surface area contributed by atoms with Gasteiger partial charge in [0, 0.05) is 36.9 Å². The van der Waals surface area contributed by atoms with Crippen LogP contribution in [0.25, 0.3) is 5.65 Å². The zero-order valence-corrected chi connectivity index (χ0v) is 18.2. The van der Waals surface area contributed by atoms with E-state index in [1.807, 2.05) is 47.5 Å². The van der Waals surface area contributed by atoms with Gasteiger partial charge in [0.2, 0.25) is 0 Å². The molecule has 0 aromatic carbocycles. The highest BCUT2D eigenvalue weighted by molar-refractivity contribution is 7.14. The number of carbonyl (C=O) groups excluding carboxylic acids is 2. The molecule has 162 valence electrons. The number of pyridine rings is 2. The lowest BCUT2D eigenvalue weighted by Crippen LogP contribution is -2.38. The van der Waals surface area contributed by atoms with E-state index in [-0.39, 0.29) is 11.8 Å². The number of fused-ring (bicyclic) bond motifs is 1. The molecule has 9 heteroatoms. The lowest BCUT2D eigenvalue weighted by molar-refractivity contribution is 0.0707. The zero-order chi connectivity index (χ0) is 21.9. The Kier molecular flexibility index (Phi) is 5.64. The van der Waals surface area contributed by atoms with E-state index in [0.29, 0.717) is 36.1 Å².